The summed E-state index contributed by atoms with van der Waals surface area (Å²) >= 11 is 0. The van der Waals surface area contributed by atoms with Gasteiger partial charge >= 0.3 is 0 Å². The van der Waals surface area contributed by atoms with Gasteiger partial charge in [0.2, 0.25) is 0 Å². The van der Waals surface area contributed by atoms with E-state index in [1.807, 2.05) is 0 Å². The second-order valence-electron chi connectivity index (χ2n) is 6.78. The molecule has 1 saturated heterocycles. The second kappa shape index (κ2) is 5.73. The van der Waals surface area contributed by atoms with Crippen LogP contribution in [0.1, 0.15) is 35.3 Å². The maximum atomic E-state index is 6.17. The minimum atomic E-state index is 0.116. The van der Waals surface area contributed by atoms with Crippen molar-refractivity contribution < 1.29 is 9.47 Å². The first-order valence-electron chi connectivity index (χ1n) is 8.70. The summed E-state index contributed by atoms with van der Waals surface area (Å²) in [6.07, 6.45) is 1.32. The van der Waals surface area contributed by atoms with E-state index < -0.39 is 0 Å². The van der Waals surface area contributed by atoms with Crippen molar-refractivity contribution in [3.05, 3.63) is 83.4 Å². The van der Waals surface area contributed by atoms with Crippen LogP contribution >= 0.6 is 0 Å². The maximum absolute atomic E-state index is 6.17. The zero-order valence-electron chi connectivity index (χ0n) is 13.5. The van der Waals surface area contributed by atoms with Crippen LogP contribution in [-0.4, -0.2) is 6.61 Å². The Hall–Kier alpha value is -2.16. The van der Waals surface area contributed by atoms with Gasteiger partial charge in [0, 0.05) is 12.5 Å². The smallest absolute Gasteiger partial charge is 0.0890 e. The Kier molecular flexibility index (Phi) is 3.39. The molecule has 0 unspecified atom stereocenters. The molecule has 0 bridgehead atoms. The van der Waals surface area contributed by atoms with Crippen molar-refractivity contribution >= 4 is 10.8 Å². The Morgan fingerprint density at radius 1 is 0.750 bits per heavy atom. The van der Waals surface area contributed by atoms with Gasteiger partial charge in [-0.15, -0.1) is 0 Å². The van der Waals surface area contributed by atoms with Crippen LogP contribution in [0, 0.1) is 5.92 Å². The molecule has 0 saturated carbocycles. The Morgan fingerprint density at radius 3 is 2.54 bits per heavy atom. The summed E-state index contributed by atoms with van der Waals surface area (Å²) in [5.41, 5.74) is 3.94. The number of fused-ring (bicyclic) bond motifs is 2. The van der Waals surface area contributed by atoms with E-state index in [0.717, 1.165) is 19.6 Å². The lowest BCUT2D eigenvalue weighted by Crippen LogP contribution is -2.16. The van der Waals surface area contributed by atoms with Crippen molar-refractivity contribution in [1.29, 1.82) is 0 Å². The fourth-order valence-corrected chi connectivity index (χ4v) is 4.21. The predicted octanol–water partition coefficient (Wildman–Crippen LogP) is 5.19. The van der Waals surface area contributed by atoms with Gasteiger partial charge in [0.25, 0.3) is 0 Å². The molecule has 0 N–H and O–H groups in total. The molecule has 120 valence electrons. The third-order valence-electron chi connectivity index (χ3n) is 5.41. The van der Waals surface area contributed by atoms with Crippen molar-refractivity contribution in [3.63, 3.8) is 0 Å². The van der Waals surface area contributed by atoms with Gasteiger partial charge in [0.05, 0.1) is 18.8 Å². The zero-order chi connectivity index (χ0) is 15.9. The molecule has 3 aromatic carbocycles. The Labute approximate surface area is 142 Å². The molecule has 5 rings (SSSR count). The summed E-state index contributed by atoms with van der Waals surface area (Å²) in [5, 5.41) is 2.55. The average molecular weight is 316 g/mol. The lowest BCUT2D eigenvalue weighted by atomic mass is 9.86. The van der Waals surface area contributed by atoms with Crippen LogP contribution in [0.2, 0.25) is 0 Å². The molecule has 2 aliphatic rings. The lowest BCUT2D eigenvalue weighted by molar-refractivity contribution is -0.0115. The molecule has 0 spiro atoms. The fourth-order valence-electron chi connectivity index (χ4n) is 4.21. The predicted molar refractivity (Wildman–Crippen MR) is 94.7 cm³/mol. The van der Waals surface area contributed by atoms with Crippen molar-refractivity contribution in [1.82, 2.24) is 0 Å². The van der Waals surface area contributed by atoms with E-state index in [2.05, 4.69) is 66.7 Å². The molecule has 3 aromatic rings. The molecular formula is C22H20O2. The summed E-state index contributed by atoms with van der Waals surface area (Å²) in [6.45, 7) is 1.53. The van der Waals surface area contributed by atoms with Crippen LogP contribution in [-0.2, 0) is 16.1 Å². The summed E-state index contributed by atoms with van der Waals surface area (Å²) in [5.74, 6) is 0.384. The minimum absolute atomic E-state index is 0.116. The Morgan fingerprint density at radius 2 is 1.58 bits per heavy atom. The van der Waals surface area contributed by atoms with Gasteiger partial charge < -0.3 is 9.47 Å². The number of hydrogen-bond donors (Lipinski definition) is 0. The summed E-state index contributed by atoms with van der Waals surface area (Å²) in [7, 11) is 0. The molecule has 0 aromatic heterocycles. The zero-order valence-corrected chi connectivity index (χ0v) is 13.5. The number of benzene rings is 3. The van der Waals surface area contributed by atoms with Crippen LogP contribution in [0.3, 0.4) is 0 Å². The highest BCUT2D eigenvalue weighted by molar-refractivity contribution is 5.83. The van der Waals surface area contributed by atoms with E-state index in [1.165, 1.54) is 27.5 Å². The van der Waals surface area contributed by atoms with E-state index in [-0.39, 0.29) is 12.2 Å². The fraction of sp³-hybridized carbons (Fsp3) is 0.273. The Bertz CT molecular complexity index is 886. The lowest BCUT2D eigenvalue weighted by Gasteiger charge is -2.25. The van der Waals surface area contributed by atoms with Gasteiger partial charge in [0.15, 0.2) is 0 Å². The van der Waals surface area contributed by atoms with Crippen molar-refractivity contribution in [3.8, 4) is 0 Å². The molecule has 3 atom stereocenters. The summed E-state index contributed by atoms with van der Waals surface area (Å²) < 4.78 is 12.3. The highest BCUT2D eigenvalue weighted by Gasteiger charge is 2.40. The van der Waals surface area contributed by atoms with E-state index >= 15 is 0 Å². The molecule has 2 aliphatic heterocycles. The first kappa shape index (κ1) is 14.2. The molecule has 2 heterocycles. The normalized spacial score (nSPS) is 25.9. The van der Waals surface area contributed by atoms with Gasteiger partial charge in [-0.25, -0.2) is 0 Å². The first-order valence-corrected chi connectivity index (χ1v) is 8.70. The molecule has 0 radical (unpaired) electrons. The van der Waals surface area contributed by atoms with Gasteiger partial charge in [-0.2, -0.15) is 0 Å². The van der Waals surface area contributed by atoms with Crippen LogP contribution in [0.25, 0.3) is 10.8 Å². The largest absolute Gasteiger partial charge is 0.373 e. The number of ether oxygens (including phenoxy) is 2. The van der Waals surface area contributed by atoms with Crippen molar-refractivity contribution in [2.24, 2.45) is 5.92 Å². The molecule has 2 nitrogen and oxygen atoms in total. The van der Waals surface area contributed by atoms with E-state index in [0.29, 0.717) is 5.92 Å². The average Bonchev–Trinajstić information content (AvgIpc) is 3.27. The molecule has 2 heteroatoms. The van der Waals surface area contributed by atoms with E-state index in [1.54, 1.807) is 0 Å². The van der Waals surface area contributed by atoms with Gasteiger partial charge in [-0.3, -0.25) is 0 Å². The second-order valence-corrected chi connectivity index (χ2v) is 6.78. The van der Waals surface area contributed by atoms with Crippen LogP contribution in [0.15, 0.2) is 66.7 Å². The molecule has 0 aliphatic carbocycles. The molecule has 1 fully saturated rings. The summed E-state index contributed by atoms with van der Waals surface area (Å²) in [6, 6.07) is 23.8. The first-order chi connectivity index (χ1) is 11.9. The highest BCUT2D eigenvalue weighted by atomic mass is 16.5. The Balaban J connectivity index is 1.51. The van der Waals surface area contributed by atoms with E-state index in [4.69, 9.17) is 9.47 Å². The quantitative estimate of drug-likeness (QED) is 0.648. The van der Waals surface area contributed by atoms with Crippen molar-refractivity contribution in [2.75, 3.05) is 6.61 Å². The topological polar surface area (TPSA) is 18.5 Å². The molecule has 0 amide bonds. The van der Waals surface area contributed by atoms with E-state index in [9.17, 15) is 0 Å². The van der Waals surface area contributed by atoms with Crippen LogP contribution in [0.5, 0.6) is 0 Å². The third kappa shape index (κ3) is 2.26. The van der Waals surface area contributed by atoms with Gasteiger partial charge in [-0.05, 0) is 39.9 Å². The maximum Gasteiger partial charge on any atom is 0.0890 e. The minimum Gasteiger partial charge on any atom is -0.373 e. The molecule has 24 heavy (non-hydrogen) atoms. The number of hydrogen-bond acceptors (Lipinski definition) is 2. The monoisotopic (exact) mass is 316 g/mol. The standard InChI is InChI=1S/C22H20O2/c1-2-6-16-13-17(10-9-15(16)5-1)21-20(11-12-23-21)22-19-8-4-3-7-18(19)14-24-22/h1-10,13,20-22H,11-12,14H2/t20-,21+,22+/m0/s1. The van der Waals surface area contributed by atoms with Gasteiger partial charge in [-0.1, -0.05) is 60.7 Å². The summed E-state index contributed by atoms with van der Waals surface area (Å²) in [4.78, 5) is 0. The van der Waals surface area contributed by atoms with Crippen LogP contribution in [0.4, 0.5) is 0 Å². The van der Waals surface area contributed by atoms with Crippen LogP contribution < -0.4 is 0 Å². The highest BCUT2D eigenvalue weighted by Crippen LogP contribution is 2.47. The SMILES string of the molecule is c1ccc2c(c1)CO[C@H]2[C@H]1CCO[C@@H]1c1ccc2ccccc2c1. The third-order valence-corrected chi connectivity index (χ3v) is 5.41. The van der Waals surface area contributed by atoms with Crippen molar-refractivity contribution in [2.45, 2.75) is 25.2 Å². The molecular weight excluding hydrogens is 296 g/mol. The van der Waals surface area contributed by atoms with Gasteiger partial charge in [0.1, 0.15) is 0 Å². The number of rotatable bonds is 2.